The van der Waals surface area contributed by atoms with Crippen LogP contribution in [0.2, 0.25) is 0 Å². The minimum Gasteiger partial charge on any atom is -0.340 e. The van der Waals surface area contributed by atoms with Gasteiger partial charge in [-0.25, -0.2) is 4.98 Å². The molecule has 2 aromatic rings. The number of thioether (sulfide) groups is 1. The Balaban J connectivity index is 1.82. The van der Waals surface area contributed by atoms with E-state index in [0.717, 1.165) is 36.5 Å². The third-order valence-corrected chi connectivity index (χ3v) is 5.14. The van der Waals surface area contributed by atoms with Gasteiger partial charge in [-0.2, -0.15) is 11.8 Å². The number of imidazole rings is 1. The summed E-state index contributed by atoms with van der Waals surface area (Å²) in [6, 6.07) is 10.2. The van der Waals surface area contributed by atoms with E-state index >= 15 is 0 Å². The summed E-state index contributed by atoms with van der Waals surface area (Å²) in [5.74, 6) is 1.12. The molecule has 1 N–H and O–H groups in total. The molecule has 4 nitrogen and oxygen atoms in total. The van der Waals surface area contributed by atoms with E-state index < -0.39 is 0 Å². The Hall–Kier alpha value is -1.75. The van der Waals surface area contributed by atoms with Crippen molar-refractivity contribution in [1.29, 1.82) is 0 Å². The van der Waals surface area contributed by atoms with E-state index in [9.17, 15) is 4.79 Å². The second kappa shape index (κ2) is 6.57. The van der Waals surface area contributed by atoms with Gasteiger partial charge in [0.15, 0.2) is 0 Å². The first-order valence-electron chi connectivity index (χ1n) is 7.64. The van der Waals surface area contributed by atoms with Gasteiger partial charge in [-0.3, -0.25) is 4.79 Å². The highest BCUT2D eigenvalue weighted by molar-refractivity contribution is 7.99. The smallest absolute Gasteiger partial charge is 0.236 e. The molecule has 3 rings (SSSR count). The number of amides is 1. The van der Waals surface area contributed by atoms with E-state index in [1.807, 2.05) is 42.5 Å². The first-order chi connectivity index (χ1) is 10.7. The van der Waals surface area contributed by atoms with Crippen molar-refractivity contribution >= 4 is 17.7 Å². The summed E-state index contributed by atoms with van der Waals surface area (Å²) in [7, 11) is 0. The van der Waals surface area contributed by atoms with Crippen LogP contribution in [0.25, 0.3) is 11.3 Å². The molecule has 1 aromatic heterocycles. The lowest BCUT2D eigenvalue weighted by Gasteiger charge is -2.25. The molecule has 1 fully saturated rings. The maximum atomic E-state index is 12.5. The Kier molecular flexibility index (Phi) is 4.52. The maximum Gasteiger partial charge on any atom is 0.236 e. The van der Waals surface area contributed by atoms with Crippen molar-refractivity contribution in [1.82, 2.24) is 14.9 Å². The van der Waals surface area contributed by atoms with E-state index in [4.69, 9.17) is 0 Å². The average Bonchev–Trinajstić information content (AvgIpc) is 3.22. The molecule has 116 valence electrons. The fourth-order valence-electron chi connectivity index (χ4n) is 2.92. The number of aromatic amines is 1. The van der Waals surface area contributed by atoms with E-state index in [-0.39, 0.29) is 17.2 Å². The minimum atomic E-state index is 0.00385. The summed E-state index contributed by atoms with van der Waals surface area (Å²) in [4.78, 5) is 22.4. The van der Waals surface area contributed by atoms with Crippen molar-refractivity contribution in [2.45, 2.75) is 31.1 Å². The monoisotopic (exact) mass is 315 g/mol. The van der Waals surface area contributed by atoms with Gasteiger partial charge in [-0.15, -0.1) is 0 Å². The molecule has 22 heavy (non-hydrogen) atoms. The van der Waals surface area contributed by atoms with Gasteiger partial charge in [-0.1, -0.05) is 30.3 Å². The van der Waals surface area contributed by atoms with E-state index in [2.05, 4.69) is 22.1 Å². The molecule has 0 aliphatic carbocycles. The van der Waals surface area contributed by atoms with Crippen molar-refractivity contribution in [2.75, 3.05) is 12.8 Å². The molecule has 5 heteroatoms. The van der Waals surface area contributed by atoms with E-state index in [1.54, 1.807) is 11.8 Å². The number of nitrogens with zero attached hydrogens (tertiary/aromatic N) is 2. The topological polar surface area (TPSA) is 49.0 Å². The maximum absolute atomic E-state index is 12.5. The zero-order valence-corrected chi connectivity index (χ0v) is 13.8. The number of hydrogen-bond donors (Lipinski definition) is 1. The summed E-state index contributed by atoms with van der Waals surface area (Å²) < 4.78 is 0. The molecule has 1 amide bonds. The van der Waals surface area contributed by atoms with Crippen LogP contribution < -0.4 is 0 Å². The quantitative estimate of drug-likeness (QED) is 0.939. The molecular weight excluding hydrogens is 294 g/mol. The van der Waals surface area contributed by atoms with Gasteiger partial charge in [0.25, 0.3) is 0 Å². The number of carbonyl (C=O) groups excluding carboxylic acids is 1. The lowest BCUT2D eigenvalue weighted by atomic mass is 10.2. The van der Waals surface area contributed by atoms with Crippen LogP contribution in [0.5, 0.6) is 0 Å². The van der Waals surface area contributed by atoms with Gasteiger partial charge in [0, 0.05) is 6.54 Å². The zero-order valence-electron chi connectivity index (χ0n) is 13.0. The van der Waals surface area contributed by atoms with Crippen molar-refractivity contribution in [3.8, 4) is 11.3 Å². The predicted molar refractivity (Wildman–Crippen MR) is 90.7 cm³/mol. The average molecular weight is 315 g/mol. The highest BCUT2D eigenvalue weighted by Gasteiger charge is 2.33. The normalized spacial score (nSPS) is 19.4. The number of aromatic nitrogens is 2. The number of nitrogens with one attached hydrogen (secondary N) is 1. The highest BCUT2D eigenvalue weighted by atomic mass is 32.2. The molecule has 1 saturated heterocycles. The molecular formula is C17H21N3OS. The molecule has 0 spiro atoms. The van der Waals surface area contributed by atoms with Crippen molar-refractivity contribution in [3.63, 3.8) is 0 Å². The molecule has 1 aromatic carbocycles. The standard InChI is InChI=1S/C17H21N3OS/c1-12(22-2)17(21)20-10-6-9-15(20)16-18-11-14(19-16)13-7-4-3-5-8-13/h3-5,7-8,11-12,15H,6,9-10H2,1-2H3,(H,18,19)/t12?,15-/m1/s1. The third-order valence-electron chi connectivity index (χ3n) is 4.23. The van der Waals surface area contributed by atoms with Crippen molar-refractivity contribution in [3.05, 3.63) is 42.4 Å². The largest absolute Gasteiger partial charge is 0.340 e. The molecule has 1 aliphatic heterocycles. The van der Waals surface area contributed by atoms with Crippen LogP contribution in [0, 0.1) is 0 Å². The number of hydrogen-bond acceptors (Lipinski definition) is 3. The van der Waals surface area contributed by atoms with Crippen LogP contribution in [0.3, 0.4) is 0 Å². The number of carbonyl (C=O) groups is 1. The number of rotatable bonds is 4. The Bertz CT molecular complexity index is 640. The molecule has 2 heterocycles. The summed E-state index contributed by atoms with van der Waals surface area (Å²) in [5, 5.41) is 0.00385. The fourth-order valence-corrected chi connectivity index (χ4v) is 3.26. The van der Waals surface area contributed by atoms with Crippen LogP contribution in [0.1, 0.15) is 31.6 Å². The SMILES string of the molecule is CSC(C)C(=O)N1CCC[C@@H]1c1ncc(-c2ccccc2)[nH]1. The summed E-state index contributed by atoms with van der Waals surface area (Å²) in [6.45, 7) is 2.80. The molecule has 0 saturated carbocycles. The van der Waals surface area contributed by atoms with Crippen LogP contribution in [-0.4, -0.2) is 38.8 Å². The summed E-state index contributed by atoms with van der Waals surface area (Å²) in [6.07, 6.45) is 5.87. The van der Waals surface area contributed by atoms with Gasteiger partial charge in [0.2, 0.25) is 5.91 Å². The van der Waals surface area contributed by atoms with Crippen LogP contribution in [0.15, 0.2) is 36.5 Å². The van der Waals surface area contributed by atoms with Crippen molar-refractivity contribution in [2.24, 2.45) is 0 Å². The fraction of sp³-hybridized carbons (Fsp3) is 0.412. The molecule has 0 bridgehead atoms. The Morgan fingerprint density at radius 1 is 1.41 bits per heavy atom. The summed E-state index contributed by atoms with van der Waals surface area (Å²) in [5.41, 5.74) is 2.13. The van der Waals surface area contributed by atoms with Gasteiger partial charge in [0.1, 0.15) is 5.82 Å². The van der Waals surface area contributed by atoms with Crippen LogP contribution in [0.4, 0.5) is 0 Å². The Morgan fingerprint density at radius 3 is 2.91 bits per heavy atom. The Labute approximate surface area is 135 Å². The van der Waals surface area contributed by atoms with E-state index in [0.29, 0.717) is 0 Å². The van der Waals surface area contributed by atoms with Gasteiger partial charge < -0.3 is 9.88 Å². The molecule has 2 atom stereocenters. The highest BCUT2D eigenvalue weighted by Crippen LogP contribution is 2.32. The summed E-state index contributed by atoms with van der Waals surface area (Å²) >= 11 is 1.60. The first-order valence-corrected chi connectivity index (χ1v) is 8.93. The second-order valence-corrected chi connectivity index (χ2v) is 6.79. The van der Waals surface area contributed by atoms with Gasteiger partial charge >= 0.3 is 0 Å². The number of H-pyrrole nitrogens is 1. The molecule has 0 radical (unpaired) electrons. The number of likely N-dealkylation sites (tertiary alicyclic amines) is 1. The van der Waals surface area contributed by atoms with Crippen LogP contribution >= 0.6 is 11.8 Å². The first kappa shape index (κ1) is 15.2. The zero-order chi connectivity index (χ0) is 15.5. The molecule has 1 aliphatic rings. The Morgan fingerprint density at radius 2 is 2.18 bits per heavy atom. The van der Waals surface area contributed by atoms with Crippen LogP contribution in [-0.2, 0) is 4.79 Å². The second-order valence-electron chi connectivity index (χ2n) is 5.62. The minimum absolute atomic E-state index is 0.00385. The lowest BCUT2D eigenvalue weighted by Crippen LogP contribution is -2.36. The lowest BCUT2D eigenvalue weighted by molar-refractivity contribution is -0.131. The van der Waals surface area contributed by atoms with Crippen molar-refractivity contribution < 1.29 is 4.79 Å². The van der Waals surface area contributed by atoms with Gasteiger partial charge in [-0.05, 0) is 31.6 Å². The molecule has 1 unspecified atom stereocenters. The third kappa shape index (κ3) is 2.90. The van der Waals surface area contributed by atoms with E-state index in [1.165, 1.54) is 0 Å². The van der Waals surface area contributed by atoms with Gasteiger partial charge in [0.05, 0.1) is 23.2 Å². The predicted octanol–water partition coefficient (Wildman–Crippen LogP) is 3.49. The number of benzene rings is 1.